The molecule has 1 aromatic rings. The van der Waals surface area contributed by atoms with Crippen LogP contribution in [0.5, 0.6) is 0 Å². The summed E-state index contributed by atoms with van der Waals surface area (Å²) in [6.45, 7) is 4.16. The van der Waals surface area contributed by atoms with Gasteiger partial charge in [0.2, 0.25) is 5.91 Å². The summed E-state index contributed by atoms with van der Waals surface area (Å²) in [5, 5.41) is 5.74. The van der Waals surface area contributed by atoms with Crippen LogP contribution in [-0.4, -0.2) is 25.5 Å². The second-order valence-corrected chi connectivity index (χ2v) is 5.22. The number of benzene rings is 1. The molecule has 0 bridgehead atoms. The minimum absolute atomic E-state index is 0. The molecule has 2 unspecified atom stereocenters. The molecule has 1 aromatic carbocycles. The number of hydrogen-bond donors (Lipinski definition) is 2. The first-order chi connectivity index (χ1) is 9.74. The molecule has 0 aliphatic carbocycles. The molecule has 2 N–H and O–H groups in total. The van der Waals surface area contributed by atoms with Crippen molar-refractivity contribution in [2.24, 2.45) is 0 Å². The first-order valence-electron chi connectivity index (χ1n) is 6.85. The first-order valence-corrected chi connectivity index (χ1v) is 6.85. The Morgan fingerprint density at radius 1 is 1.27 bits per heavy atom. The van der Waals surface area contributed by atoms with Gasteiger partial charge in [-0.25, -0.2) is 0 Å². The zero-order chi connectivity index (χ0) is 16.0. The number of rotatable bonds is 6. The molecule has 0 spiro atoms. The third-order valence-corrected chi connectivity index (χ3v) is 3.37. The molecule has 0 radical (unpaired) electrons. The van der Waals surface area contributed by atoms with Gasteiger partial charge in [-0.3, -0.25) is 4.79 Å². The molecule has 1 rings (SSSR count). The van der Waals surface area contributed by atoms with Crippen molar-refractivity contribution < 1.29 is 18.0 Å². The van der Waals surface area contributed by atoms with E-state index in [1.54, 1.807) is 20.0 Å². The predicted octanol–water partition coefficient (Wildman–Crippen LogP) is 3.34. The van der Waals surface area contributed by atoms with Crippen LogP contribution in [0.3, 0.4) is 0 Å². The third-order valence-electron chi connectivity index (χ3n) is 3.37. The van der Waals surface area contributed by atoms with E-state index in [2.05, 4.69) is 10.6 Å². The number of carbonyl (C=O) groups excluding carboxylic acids is 1. The third kappa shape index (κ3) is 6.66. The number of hydrogen-bond acceptors (Lipinski definition) is 2. The van der Waals surface area contributed by atoms with Gasteiger partial charge in [0, 0.05) is 19.0 Å². The summed E-state index contributed by atoms with van der Waals surface area (Å²) in [6, 6.07) is 5.27. The molecule has 0 aliphatic rings. The Hall–Kier alpha value is -1.27. The first kappa shape index (κ1) is 20.7. The number of amides is 1. The van der Waals surface area contributed by atoms with Crippen molar-refractivity contribution >= 4 is 18.3 Å². The van der Waals surface area contributed by atoms with Crippen LogP contribution >= 0.6 is 12.4 Å². The number of nitrogens with one attached hydrogen (secondary N) is 2. The average Bonchev–Trinajstić information content (AvgIpc) is 2.43. The molecular formula is C15H22ClF3N2O. The number of likely N-dealkylation sites (N-methyl/N-ethyl adjacent to an activating group) is 1. The van der Waals surface area contributed by atoms with Gasteiger partial charge < -0.3 is 10.6 Å². The molecule has 126 valence electrons. The normalized spacial score (nSPS) is 13.9. The quantitative estimate of drug-likeness (QED) is 0.835. The molecule has 3 nitrogen and oxygen atoms in total. The molecule has 0 aliphatic heterocycles. The summed E-state index contributed by atoms with van der Waals surface area (Å²) in [7, 11) is 1.79. The summed E-state index contributed by atoms with van der Waals surface area (Å²) in [5.41, 5.74) is -0.169. The van der Waals surface area contributed by atoms with Crippen LogP contribution in [0.4, 0.5) is 13.2 Å². The minimum atomic E-state index is -4.36. The lowest BCUT2D eigenvalue weighted by molar-refractivity contribution is -0.137. The molecule has 0 saturated heterocycles. The summed E-state index contributed by atoms with van der Waals surface area (Å²) in [6.07, 6.45) is -4.20. The second-order valence-electron chi connectivity index (χ2n) is 5.22. The summed E-state index contributed by atoms with van der Waals surface area (Å²) in [5.74, 6) is -0.431. The van der Waals surface area contributed by atoms with Crippen LogP contribution in [0.2, 0.25) is 0 Å². The largest absolute Gasteiger partial charge is 0.416 e. The maximum Gasteiger partial charge on any atom is 0.416 e. The Balaban J connectivity index is 0.00000441. The maximum absolute atomic E-state index is 12.7. The van der Waals surface area contributed by atoms with Crippen LogP contribution in [0.1, 0.15) is 37.3 Å². The van der Waals surface area contributed by atoms with Crippen molar-refractivity contribution in [2.75, 3.05) is 13.6 Å². The van der Waals surface area contributed by atoms with Gasteiger partial charge in [0.05, 0.1) is 5.56 Å². The molecule has 0 aromatic heterocycles. The monoisotopic (exact) mass is 338 g/mol. The van der Waals surface area contributed by atoms with Crippen molar-refractivity contribution in [1.29, 1.82) is 0 Å². The van der Waals surface area contributed by atoms with Crippen LogP contribution in [-0.2, 0) is 11.0 Å². The van der Waals surface area contributed by atoms with E-state index in [1.807, 2.05) is 6.92 Å². The SMILES string of the molecule is CNC(C)CNC(=O)CC(C)c1cccc(C(F)(F)F)c1.Cl. The van der Waals surface area contributed by atoms with E-state index in [0.29, 0.717) is 12.1 Å². The van der Waals surface area contributed by atoms with Gasteiger partial charge in [-0.1, -0.05) is 25.1 Å². The van der Waals surface area contributed by atoms with Crippen LogP contribution in [0.25, 0.3) is 0 Å². The van der Waals surface area contributed by atoms with Crippen molar-refractivity contribution in [3.8, 4) is 0 Å². The number of carbonyl (C=O) groups is 1. The molecule has 7 heteroatoms. The van der Waals surface area contributed by atoms with E-state index in [1.165, 1.54) is 6.07 Å². The van der Waals surface area contributed by atoms with Gasteiger partial charge in [-0.05, 0) is 31.5 Å². The topological polar surface area (TPSA) is 41.1 Å². The van der Waals surface area contributed by atoms with E-state index >= 15 is 0 Å². The fourth-order valence-corrected chi connectivity index (χ4v) is 1.86. The van der Waals surface area contributed by atoms with Gasteiger partial charge >= 0.3 is 6.18 Å². The Kier molecular flexibility index (Phi) is 8.48. The van der Waals surface area contributed by atoms with Crippen LogP contribution in [0.15, 0.2) is 24.3 Å². The molecule has 1 amide bonds. The van der Waals surface area contributed by atoms with Crippen molar-refractivity contribution in [3.63, 3.8) is 0 Å². The number of alkyl halides is 3. The van der Waals surface area contributed by atoms with E-state index in [9.17, 15) is 18.0 Å². The van der Waals surface area contributed by atoms with Crippen LogP contribution < -0.4 is 10.6 Å². The highest BCUT2D eigenvalue weighted by Crippen LogP contribution is 2.31. The second kappa shape index (κ2) is 9.00. The summed E-state index contributed by atoms with van der Waals surface area (Å²) >= 11 is 0. The molecule has 0 fully saturated rings. The average molecular weight is 339 g/mol. The Labute approximate surface area is 135 Å². The van der Waals surface area contributed by atoms with Crippen molar-refractivity contribution in [1.82, 2.24) is 10.6 Å². The Bertz CT molecular complexity index is 480. The number of halogens is 4. The highest BCUT2D eigenvalue weighted by molar-refractivity contribution is 5.85. The molecule has 0 heterocycles. The van der Waals surface area contributed by atoms with Gasteiger partial charge in [0.25, 0.3) is 0 Å². The van der Waals surface area contributed by atoms with Crippen LogP contribution in [0, 0.1) is 0 Å². The van der Waals surface area contributed by atoms with Crippen molar-refractivity contribution in [2.45, 2.75) is 38.4 Å². The lowest BCUT2D eigenvalue weighted by atomic mass is 9.95. The van der Waals surface area contributed by atoms with Gasteiger partial charge in [0.15, 0.2) is 0 Å². The lowest BCUT2D eigenvalue weighted by Crippen LogP contribution is -2.37. The zero-order valence-electron chi connectivity index (χ0n) is 12.8. The highest BCUT2D eigenvalue weighted by atomic mass is 35.5. The fraction of sp³-hybridized carbons (Fsp3) is 0.533. The van der Waals surface area contributed by atoms with E-state index in [-0.39, 0.29) is 36.7 Å². The zero-order valence-corrected chi connectivity index (χ0v) is 13.6. The van der Waals surface area contributed by atoms with E-state index in [4.69, 9.17) is 0 Å². The molecular weight excluding hydrogens is 317 g/mol. The van der Waals surface area contributed by atoms with E-state index < -0.39 is 11.7 Å². The molecule has 2 atom stereocenters. The Morgan fingerprint density at radius 2 is 1.91 bits per heavy atom. The molecule has 0 saturated carbocycles. The van der Waals surface area contributed by atoms with E-state index in [0.717, 1.165) is 12.1 Å². The lowest BCUT2D eigenvalue weighted by Gasteiger charge is -2.16. The summed E-state index contributed by atoms with van der Waals surface area (Å²) in [4.78, 5) is 11.8. The predicted molar refractivity (Wildman–Crippen MR) is 83.3 cm³/mol. The molecule has 22 heavy (non-hydrogen) atoms. The maximum atomic E-state index is 12.7. The van der Waals surface area contributed by atoms with Gasteiger partial charge in [0.1, 0.15) is 0 Å². The van der Waals surface area contributed by atoms with Gasteiger partial charge in [-0.2, -0.15) is 13.2 Å². The summed E-state index contributed by atoms with van der Waals surface area (Å²) < 4.78 is 38.0. The van der Waals surface area contributed by atoms with Gasteiger partial charge in [-0.15, -0.1) is 12.4 Å². The Morgan fingerprint density at radius 3 is 2.45 bits per heavy atom. The fourth-order valence-electron chi connectivity index (χ4n) is 1.86. The highest BCUT2D eigenvalue weighted by Gasteiger charge is 2.30. The minimum Gasteiger partial charge on any atom is -0.355 e. The van der Waals surface area contributed by atoms with Crippen molar-refractivity contribution in [3.05, 3.63) is 35.4 Å². The smallest absolute Gasteiger partial charge is 0.355 e. The standard InChI is InChI=1S/C15H21F3N2O.ClH/c1-10(7-14(21)20-9-11(2)19-3)12-5-4-6-13(8-12)15(16,17)18;/h4-6,8,10-11,19H,7,9H2,1-3H3,(H,20,21);1H.